The topological polar surface area (TPSA) is 106 Å². The van der Waals surface area contributed by atoms with Crippen LogP contribution in [0.25, 0.3) is 11.1 Å². The van der Waals surface area contributed by atoms with Crippen LogP contribution in [0.5, 0.6) is 17.2 Å². The number of nitrogen functional groups attached to an aromatic ring is 2. The molecule has 0 fully saturated rings. The average Bonchev–Trinajstić information content (AvgIpc) is 2.70. The lowest BCUT2D eigenvalue weighted by Crippen LogP contribution is -2.05. The molecule has 0 saturated carbocycles. The fourth-order valence-corrected chi connectivity index (χ4v) is 3.39. The van der Waals surface area contributed by atoms with E-state index in [4.69, 9.17) is 25.7 Å². The molecule has 2 aromatic carbocycles. The SMILES string of the molecule is CCOc1cc(Cc2cnc(N)nc2N)cc(OCC)c1-c1ccc(OC)c(C)c1. The number of aryl methyl sites for hydroxylation is 1. The lowest BCUT2D eigenvalue weighted by Gasteiger charge is -2.19. The molecular formula is C23H28N4O3. The van der Waals surface area contributed by atoms with Crippen molar-refractivity contribution in [3.05, 3.63) is 53.2 Å². The van der Waals surface area contributed by atoms with Crippen LogP contribution in [-0.2, 0) is 6.42 Å². The van der Waals surface area contributed by atoms with Gasteiger partial charge in [-0.2, -0.15) is 4.98 Å². The molecule has 0 bridgehead atoms. The number of rotatable bonds is 8. The fraction of sp³-hybridized carbons (Fsp3) is 0.304. The van der Waals surface area contributed by atoms with Gasteiger partial charge in [-0.15, -0.1) is 0 Å². The number of hydrogen-bond donors (Lipinski definition) is 2. The van der Waals surface area contributed by atoms with Gasteiger partial charge in [-0.25, -0.2) is 4.98 Å². The second kappa shape index (κ2) is 9.35. The molecule has 3 rings (SSSR count). The number of ether oxygens (including phenoxy) is 3. The van der Waals surface area contributed by atoms with Crippen LogP contribution < -0.4 is 25.7 Å². The number of methoxy groups -OCH3 is 1. The van der Waals surface area contributed by atoms with E-state index in [-0.39, 0.29) is 5.95 Å². The van der Waals surface area contributed by atoms with Crippen molar-refractivity contribution in [2.24, 2.45) is 0 Å². The van der Waals surface area contributed by atoms with Crippen LogP contribution in [0, 0.1) is 6.92 Å². The Bertz CT molecular complexity index is 1010. The summed E-state index contributed by atoms with van der Waals surface area (Å²) in [5, 5.41) is 0. The maximum atomic E-state index is 6.02. The number of nitrogens with zero attached hydrogens (tertiary/aromatic N) is 2. The highest BCUT2D eigenvalue weighted by Gasteiger charge is 2.17. The van der Waals surface area contributed by atoms with Crippen LogP contribution >= 0.6 is 0 Å². The summed E-state index contributed by atoms with van der Waals surface area (Å²) in [6.45, 7) is 7.00. The van der Waals surface area contributed by atoms with E-state index in [1.807, 2.05) is 45.0 Å². The van der Waals surface area contributed by atoms with Crippen LogP contribution in [0.15, 0.2) is 36.5 Å². The maximum absolute atomic E-state index is 6.02. The van der Waals surface area contributed by atoms with Crippen molar-refractivity contribution in [1.82, 2.24) is 9.97 Å². The third kappa shape index (κ3) is 4.56. The monoisotopic (exact) mass is 408 g/mol. The molecule has 0 radical (unpaired) electrons. The average molecular weight is 409 g/mol. The van der Waals surface area contributed by atoms with Gasteiger partial charge in [-0.05, 0) is 61.7 Å². The van der Waals surface area contributed by atoms with Crippen molar-refractivity contribution in [2.45, 2.75) is 27.2 Å². The summed E-state index contributed by atoms with van der Waals surface area (Å²) in [5.41, 5.74) is 16.4. The van der Waals surface area contributed by atoms with Crippen LogP contribution in [0.1, 0.15) is 30.5 Å². The molecule has 0 unspecified atom stereocenters. The van der Waals surface area contributed by atoms with Gasteiger partial charge in [0.05, 0.1) is 25.9 Å². The van der Waals surface area contributed by atoms with Crippen LogP contribution in [0.2, 0.25) is 0 Å². The van der Waals surface area contributed by atoms with Crippen molar-refractivity contribution in [2.75, 3.05) is 31.8 Å². The highest BCUT2D eigenvalue weighted by molar-refractivity contribution is 5.78. The highest BCUT2D eigenvalue weighted by atomic mass is 16.5. The molecule has 7 nitrogen and oxygen atoms in total. The van der Waals surface area contributed by atoms with Gasteiger partial charge in [0, 0.05) is 18.2 Å². The first-order chi connectivity index (χ1) is 14.5. The second-order valence-corrected chi connectivity index (χ2v) is 6.83. The minimum Gasteiger partial charge on any atom is -0.496 e. The molecule has 0 aliphatic heterocycles. The van der Waals surface area contributed by atoms with E-state index in [0.717, 1.165) is 45.1 Å². The molecule has 1 heterocycles. The Morgan fingerprint density at radius 2 is 1.60 bits per heavy atom. The molecule has 30 heavy (non-hydrogen) atoms. The molecule has 158 valence electrons. The first-order valence-electron chi connectivity index (χ1n) is 9.91. The Labute approximate surface area is 177 Å². The first-order valence-corrected chi connectivity index (χ1v) is 9.91. The summed E-state index contributed by atoms with van der Waals surface area (Å²) in [5.74, 6) is 2.86. The van der Waals surface area contributed by atoms with E-state index in [1.165, 1.54) is 0 Å². The molecule has 1 aromatic heterocycles. The van der Waals surface area contributed by atoms with Gasteiger partial charge in [0.1, 0.15) is 23.1 Å². The van der Waals surface area contributed by atoms with Gasteiger partial charge in [0.25, 0.3) is 0 Å². The van der Waals surface area contributed by atoms with E-state index < -0.39 is 0 Å². The van der Waals surface area contributed by atoms with Crippen molar-refractivity contribution >= 4 is 11.8 Å². The van der Waals surface area contributed by atoms with Crippen LogP contribution in [0.4, 0.5) is 11.8 Å². The second-order valence-electron chi connectivity index (χ2n) is 6.83. The summed E-state index contributed by atoms with van der Waals surface area (Å²) in [7, 11) is 1.67. The number of anilines is 2. The largest absolute Gasteiger partial charge is 0.496 e. The van der Waals surface area contributed by atoms with E-state index in [0.29, 0.717) is 25.5 Å². The normalized spacial score (nSPS) is 10.7. The Morgan fingerprint density at radius 3 is 2.13 bits per heavy atom. The molecule has 0 aliphatic rings. The minimum absolute atomic E-state index is 0.159. The highest BCUT2D eigenvalue weighted by Crippen LogP contribution is 2.41. The smallest absolute Gasteiger partial charge is 0.221 e. The summed E-state index contributed by atoms with van der Waals surface area (Å²) in [6.07, 6.45) is 2.19. The Morgan fingerprint density at radius 1 is 0.933 bits per heavy atom. The predicted molar refractivity (Wildman–Crippen MR) is 119 cm³/mol. The van der Waals surface area contributed by atoms with E-state index in [2.05, 4.69) is 16.0 Å². The molecule has 0 spiro atoms. The molecule has 0 aliphatic carbocycles. The maximum Gasteiger partial charge on any atom is 0.221 e. The summed E-state index contributed by atoms with van der Waals surface area (Å²) in [6, 6.07) is 10.1. The van der Waals surface area contributed by atoms with Gasteiger partial charge >= 0.3 is 0 Å². The number of aromatic nitrogens is 2. The number of hydrogen-bond acceptors (Lipinski definition) is 7. The van der Waals surface area contributed by atoms with Crippen molar-refractivity contribution in [3.8, 4) is 28.4 Å². The van der Waals surface area contributed by atoms with Gasteiger partial charge in [0.2, 0.25) is 5.95 Å². The quantitative estimate of drug-likeness (QED) is 0.580. The Balaban J connectivity index is 2.11. The lowest BCUT2D eigenvalue weighted by molar-refractivity contribution is 0.325. The number of nitrogens with two attached hydrogens (primary N) is 2. The zero-order chi connectivity index (χ0) is 21.7. The van der Waals surface area contributed by atoms with Gasteiger partial charge in [-0.1, -0.05) is 6.07 Å². The van der Waals surface area contributed by atoms with Crippen molar-refractivity contribution < 1.29 is 14.2 Å². The molecule has 0 atom stereocenters. The molecule has 0 saturated heterocycles. The van der Waals surface area contributed by atoms with Gasteiger partial charge in [-0.3, -0.25) is 0 Å². The van der Waals surface area contributed by atoms with Crippen LogP contribution in [-0.4, -0.2) is 30.3 Å². The first kappa shape index (κ1) is 21.2. The number of benzene rings is 2. The van der Waals surface area contributed by atoms with Gasteiger partial charge in [0.15, 0.2) is 0 Å². The Hall–Kier alpha value is -3.48. The summed E-state index contributed by atoms with van der Waals surface area (Å²) >= 11 is 0. The van der Waals surface area contributed by atoms with Crippen LogP contribution in [0.3, 0.4) is 0 Å². The third-order valence-corrected chi connectivity index (χ3v) is 4.72. The zero-order valence-electron chi connectivity index (χ0n) is 17.9. The molecule has 3 aromatic rings. The molecule has 0 amide bonds. The third-order valence-electron chi connectivity index (χ3n) is 4.72. The van der Waals surface area contributed by atoms with Crippen molar-refractivity contribution in [1.29, 1.82) is 0 Å². The van der Waals surface area contributed by atoms with E-state index in [1.54, 1.807) is 13.3 Å². The predicted octanol–water partition coefficient (Wildman–Crippen LogP) is 4.01. The molecule has 7 heteroatoms. The summed E-state index contributed by atoms with van der Waals surface area (Å²) in [4.78, 5) is 8.11. The fourth-order valence-electron chi connectivity index (χ4n) is 3.39. The zero-order valence-corrected chi connectivity index (χ0v) is 17.9. The van der Waals surface area contributed by atoms with Crippen molar-refractivity contribution in [3.63, 3.8) is 0 Å². The standard InChI is InChI=1S/C23H28N4O3/c1-5-29-19-11-15(10-17-13-26-23(25)27-22(17)24)12-20(30-6-2)21(19)16-7-8-18(28-4)14(3)9-16/h7-9,11-13H,5-6,10H2,1-4H3,(H4,24,25,26,27). The molecule has 4 N–H and O–H groups in total. The molecular weight excluding hydrogens is 380 g/mol. The van der Waals surface area contributed by atoms with E-state index >= 15 is 0 Å². The lowest BCUT2D eigenvalue weighted by atomic mass is 9.97. The minimum atomic E-state index is 0.159. The van der Waals surface area contributed by atoms with E-state index in [9.17, 15) is 0 Å². The summed E-state index contributed by atoms with van der Waals surface area (Å²) < 4.78 is 17.4. The Kier molecular flexibility index (Phi) is 6.61. The van der Waals surface area contributed by atoms with Gasteiger partial charge < -0.3 is 25.7 Å².